The van der Waals surface area contributed by atoms with E-state index in [1.54, 1.807) is 11.8 Å². The molecule has 2 heterocycles. The lowest BCUT2D eigenvalue weighted by Crippen LogP contribution is -2.34. The minimum absolute atomic E-state index is 0.0189. The number of hydrogen-bond donors (Lipinski definition) is 1. The number of anilines is 1. The minimum atomic E-state index is -0.0189. The quantitative estimate of drug-likeness (QED) is 0.932. The summed E-state index contributed by atoms with van der Waals surface area (Å²) in [6.45, 7) is 1.77. The summed E-state index contributed by atoms with van der Waals surface area (Å²) < 4.78 is 6.98. The van der Waals surface area contributed by atoms with Gasteiger partial charge in [-0.2, -0.15) is 5.10 Å². The summed E-state index contributed by atoms with van der Waals surface area (Å²) in [5, 5.41) is 7.54. The summed E-state index contributed by atoms with van der Waals surface area (Å²) in [4.78, 5) is 14.5. The maximum atomic E-state index is 12.6. The second kappa shape index (κ2) is 6.43. The molecule has 1 aromatic carbocycles. The zero-order valence-electron chi connectivity index (χ0n) is 14.7. The van der Waals surface area contributed by atoms with Crippen molar-refractivity contribution >= 4 is 11.8 Å². The van der Waals surface area contributed by atoms with E-state index in [9.17, 15) is 4.79 Å². The van der Waals surface area contributed by atoms with Crippen molar-refractivity contribution in [3.05, 3.63) is 30.3 Å². The molecule has 2 amide bonds. The number of methoxy groups -OCH3 is 1. The molecule has 1 saturated carbocycles. The van der Waals surface area contributed by atoms with Gasteiger partial charge in [0.05, 0.1) is 12.8 Å². The van der Waals surface area contributed by atoms with Gasteiger partial charge in [0, 0.05) is 31.8 Å². The number of rotatable bonds is 3. The molecule has 1 saturated heterocycles. The molecule has 2 atom stereocenters. The Bertz CT molecular complexity index is 773. The third-order valence-corrected chi connectivity index (χ3v) is 5.49. The van der Waals surface area contributed by atoms with Crippen LogP contribution in [0.25, 0.3) is 11.3 Å². The molecule has 0 spiro atoms. The molecule has 1 aliphatic heterocycles. The van der Waals surface area contributed by atoms with E-state index in [2.05, 4.69) is 10.4 Å². The molecule has 1 aromatic heterocycles. The molecule has 0 radical (unpaired) electrons. The number of fused-ring (bicyclic) bond motifs is 1. The van der Waals surface area contributed by atoms with E-state index in [0.717, 1.165) is 30.1 Å². The van der Waals surface area contributed by atoms with Gasteiger partial charge in [-0.1, -0.05) is 18.6 Å². The summed E-state index contributed by atoms with van der Waals surface area (Å²) in [6, 6.07) is 9.65. The van der Waals surface area contributed by atoms with Crippen molar-refractivity contribution in [3.63, 3.8) is 0 Å². The fraction of sp³-hybridized carbons (Fsp3) is 0.474. The van der Waals surface area contributed by atoms with E-state index >= 15 is 0 Å². The van der Waals surface area contributed by atoms with Gasteiger partial charge in [-0.05, 0) is 36.8 Å². The molecule has 2 aromatic rings. The van der Waals surface area contributed by atoms with E-state index in [1.165, 1.54) is 19.3 Å². The van der Waals surface area contributed by atoms with Gasteiger partial charge in [-0.25, -0.2) is 4.79 Å². The normalized spacial score (nSPS) is 22.1. The fourth-order valence-electron chi connectivity index (χ4n) is 4.10. The van der Waals surface area contributed by atoms with Gasteiger partial charge in [0.25, 0.3) is 0 Å². The second-order valence-electron chi connectivity index (χ2n) is 7.06. The Morgan fingerprint density at radius 3 is 2.72 bits per heavy atom. The number of ether oxygens (including phenoxy) is 1. The molecule has 6 heteroatoms. The number of urea groups is 1. The van der Waals surface area contributed by atoms with Crippen LogP contribution in [0.2, 0.25) is 0 Å². The Kier molecular flexibility index (Phi) is 4.11. The van der Waals surface area contributed by atoms with Crippen LogP contribution in [-0.4, -0.2) is 40.9 Å². The Morgan fingerprint density at radius 1 is 1.24 bits per heavy atom. The van der Waals surface area contributed by atoms with Crippen molar-refractivity contribution in [3.8, 4) is 17.0 Å². The lowest BCUT2D eigenvalue weighted by molar-refractivity contribution is 0.218. The first-order valence-electron chi connectivity index (χ1n) is 8.88. The van der Waals surface area contributed by atoms with Crippen LogP contribution >= 0.6 is 0 Å². The monoisotopic (exact) mass is 340 g/mol. The Hall–Kier alpha value is -2.50. The van der Waals surface area contributed by atoms with Crippen molar-refractivity contribution in [2.75, 3.05) is 25.5 Å². The number of hydrogen-bond acceptors (Lipinski definition) is 3. The minimum Gasteiger partial charge on any atom is -0.497 e. The zero-order valence-corrected chi connectivity index (χ0v) is 14.7. The van der Waals surface area contributed by atoms with Crippen molar-refractivity contribution in [2.24, 2.45) is 18.9 Å². The largest absolute Gasteiger partial charge is 0.497 e. The lowest BCUT2D eigenvalue weighted by atomic mass is 10.0. The average molecular weight is 340 g/mol. The van der Waals surface area contributed by atoms with Gasteiger partial charge in [0.15, 0.2) is 0 Å². The van der Waals surface area contributed by atoms with E-state index in [-0.39, 0.29) is 6.03 Å². The van der Waals surface area contributed by atoms with Gasteiger partial charge < -0.3 is 9.64 Å². The molecular weight excluding hydrogens is 316 g/mol. The van der Waals surface area contributed by atoms with Crippen LogP contribution in [0, 0.1) is 11.8 Å². The third-order valence-electron chi connectivity index (χ3n) is 5.49. The number of likely N-dealkylation sites (tertiary alicyclic amines) is 1. The molecule has 1 aliphatic carbocycles. The van der Waals surface area contributed by atoms with Crippen LogP contribution in [0.4, 0.5) is 10.6 Å². The summed E-state index contributed by atoms with van der Waals surface area (Å²) in [5.74, 6) is 2.89. The fourth-order valence-corrected chi connectivity index (χ4v) is 4.10. The molecule has 2 fully saturated rings. The van der Waals surface area contributed by atoms with E-state index in [0.29, 0.717) is 17.7 Å². The highest BCUT2D eigenvalue weighted by Crippen LogP contribution is 2.37. The predicted octanol–water partition coefficient (Wildman–Crippen LogP) is 3.36. The average Bonchev–Trinajstić information content (AvgIpc) is 3.30. The Balaban J connectivity index is 1.48. The Labute approximate surface area is 147 Å². The number of carbonyl (C=O) groups is 1. The van der Waals surface area contributed by atoms with Crippen LogP contribution in [0.15, 0.2) is 30.3 Å². The van der Waals surface area contributed by atoms with E-state index in [1.807, 2.05) is 42.3 Å². The molecule has 0 bridgehead atoms. The topological polar surface area (TPSA) is 59.4 Å². The summed E-state index contributed by atoms with van der Waals surface area (Å²) in [7, 11) is 3.49. The number of aryl methyl sites for hydroxylation is 1. The number of carbonyl (C=O) groups excluding carboxylic acids is 1. The van der Waals surface area contributed by atoms with Gasteiger partial charge in [-0.15, -0.1) is 0 Å². The van der Waals surface area contributed by atoms with Gasteiger partial charge in [0.2, 0.25) is 0 Å². The third kappa shape index (κ3) is 3.08. The summed E-state index contributed by atoms with van der Waals surface area (Å²) in [6.07, 6.45) is 3.84. The van der Waals surface area contributed by atoms with Crippen LogP contribution in [-0.2, 0) is 7.05 Å². The molecule has 4 rings (SSSR count). The van der Waals surface area contributed by atoms with Crippen LogP contribution in [0.3, 0.4) is 0 Å². The number of benzene rings is 1. The molecule has 2 aliphatic rings. The molecule has 1 N–H and O–H groups in total. The smallest absolute Gasteiger partial charge is 0.323 e. The number of nitrogens with zero attached hydrogens (tertiary/aromatic N) is 3. The number of nitrogens with one attached hydrogen (secondary N) is 1. The van der Waals surface area contributed by atoms with Gasteiger partial charge in [0.1, 0.15) is 11.6 Å². The molecule has 6 nitrogen and oxygen atoms in total. The highest BCUT2D eigenvalue weighted by molar-refractivity contribution is 5.89. The highest BCUT2D eigenvalue weighted by Gasteiger charge is 2.38. The summed E-state index contributed by atoms with van der Waals surface area (Å²) >= 11 is 0. The molecule has 132 valence electrons. The highest BCUT2D eigenvalue weighted by atomic mass is 16.5. The molecule has 25 heavy (non-hydrogen) atoms. The maximum absolute atomic E-state index is 12.6. The van der Waals surface area contributed by atoms with Crippen LogP contribution < -0.4 is 10.1 Å². The number of aromatic nitrogens is 2. The van der Waals surface area contributed by atoms with Crippen molar-refractivity contribution in [1.29, 1.82) is 0 Å². The second-order valence-corrected chi connectivity index (χ2v) is 7.06. The standard InChI is InChI=1S/C19H24N4O2/c1-22-18(10-17(21-22)13-5-4-8-16(9-13)25-2)20-19(24)23-11-14-6-3-7-15(14)12-23/h4-5,8-10,14-15H,3,6-7,11-12H2,1-2H3,(H,20,24)/t14-,15+. The first kappa shape index (κ1) is 16.0. The van der Waals surface area contributed by atoms with Crippen molar-refractivity contribution in [1.82, 2.24) is 14.7 Å². The van der Waals surface area contributed by atoms with Crippen molar-refractivity contribution < 1.29 is 9.53 Å². The first-order chi connectivity index (χ1) is 12.1. The van der Waals surface area contributed by atoms with Gasteiger partial charge >= 0.3 is 6.03 Å². The van der Waals surface area contributed by atoms with Crippen molar-refractivity contribution in [2.45, 2.75) is 19.3 Å². The predicted molar refractivity (Wildman–Crippen MR) is 96.6 cm³/mol. The van der Waals surface area contributed by atoms with Crippen LogP contribution in [0.1, 0.15) is 19.3 Å². The molecule has 0 unspecified atom stereocenters. The SMILES string of the molecule is COc1cccc(-c2cc(NC(=O)N3C[C@H]4CCC[C@H]4C3)n(C)n2)c1. The lowest BCUT2D eigenvalue weighted by Gasteiger charge is -2.17. The van der Waals surface area contributed by atoms with E-state index in [4.69, 9.17) is 4.74 Å². The molecular formula is C19H24N4O2. The maximum Gasteiger partial charge on any atom is 0.323 e. The van der Waals surface area contributed by atoms with Gasteiger partial charge in [-0.3, -0.25) is 10.00 Å². The Morgan fingerprint density at radius 2 is 2.00 bits per heavy atom. The first-order valence-corrected chi connectivity index (χ1v) is 8.88. The number of amides is 2. The van der Waals surface area contributed by atoms with Crippen LogP contribution in [0.5, 0.6) is 5.75 Å². The van der Waals surface area contributed by atoms with E-state index < -0.39 is 0 Å². The summed E-state index contributed by atoms with van der Waals surface area (Å²) in [5.41, 5.74) is 1.78. The zero-order chi connectivity index (χ0) is 17.4.